The Labute approximate surface area is 174 Å². The van der Waals surface area contributed by atoms with E-state index < -0.39 is 0 Å². The molecule has 0 radical (unpaired) electrons. The molecule has 158 valence electrons. The molecule has 0 saturated carbocycles. The molecule has 2 heterocycles. The summed E-state index contributed by atoms with van der Waals surface area (Å²) in [6, 6.07) is 4.74. The number of rotatable bonds is 2. The minimum atomic E-state index is 0.173. The fourth-order valence-corrected chi connectivity index (χ4v) is 6.99. The zero-order chi connectivity index (χ0) is 21.1. The number of hydrogen-bond donors (Lipinski definition) is 2. The Hall–Kier alpha value is -0.860. The van der Waals surface area contributed by atoms with Crippen LogP contribution in [0.3, 0.4) is 0 Å². The predicted molar refractivity (Wildman–Crippen MR) is 122 cm³/mol. The van der Waals surface area contributed by atoms with Crippen molar-refractivity contribution in [3.05, 3.63) is 34.4 Å². The van der Waals surface area contributed by atoms with Crippen LogP contribution in [0.2, 0.25) is 0 Å². The van der Waals surface area contributed by atoms with Crippen molar-refractivity contribution in [3.8, 4) is 0 Å². The van der Waals surface area contributed by atoms with Crippen molar-refractivity contribution < 1.29 is 0 Å². The molecule has 2 fully saturated rings. The topological polar surface area (TPSA) is 24.1 Å². The van der Waals surface area contributed by atoms with Crippen LogP contribution in [0.1, 0.15) is 115 Å². The molecule has 2 aliphatic heterocycles. The molecule has 0 unspecified atom stereocenters. The zero-order valence-corrected chi connectivity index (χ0v) is 20.1. The van der Waals surface area contributed by atoms with Crippen LogP contribution < -0.4 is 10.6 Å². The third-order valence-corrected chi connectivity index (χ3v) is 6.92. The van der Waals surface area contributed by atoms with E-state index in [1.54, 1.807) is 11.1 Å². The molecule has 2 N–H and O–H groups in total. The van der Waals surface area contributed by atoms with E-state index in [9.17, 15) is 0 Å². The lowest BCUT2D eigenvalue weighted by atomic mass is 9.66. The first kappa shape index (κ1) is 21.8. The summed E-state index contributed by atoms with van der Waals surface area (Å²) in [6.07, 6.45) is 4.86. The molecule has 1 aromatic rings. The summed E-state index contributed by atoms with van der Waals surface area (Å²) in [4.78, 5) is 0. The van der Waals surface area contributed by atoms with Gasteiger partial charge in [0.25, 0.3) is 0 Å². The normalized spacial score (nSPS) is 26.9. The van der Waals surface area contributed by atoms with Gasteiger partial charge in [0, 0.05) is 22.2 Å². The number of benzene rings is 1. The van der Waals surface area contributed by atoms with Crippen molar-refractivity contribution >= 4 is 0 Å². The quantitative estimate of drug-likeness (QED) is 0.620. The minimum Gasteiger partial charge on any atom is -0.307 e. The van der Waals surface area contributed by atoms with E-state index >= 15 is 0 Å². The molecular weight excluding hydrogens is 340 g/mol. The molecule has 0 bridgehead atoms. The predicted octanol–water partition coefficient (Wildman–Crippen LogP) is 6.35. The van der Waals surface area contributed by atoms with Crippen LogP contribution >= 0.6 is 0 Å². The van der Waals surface area contributed by atoms with E-state index in [-0.39, 0.29) is 22.2 Å². The highest BCUT2D eigenvalue weighted by molar-refractivity contribution is 5.46. The van der Waals surface area contributed by atoms with E-state index in [0.717, 1.165) is 0 Å². The van der Waals surface area contributed by atoms with Crippen LogP contribution in [0.15, 0.2) is 12.1 Å². The Morgan fingerprint density at radius 2 is 0.821 bits per heavy atom. The van der Waals surface area contributed by atoms with Crippen molar-refractivity contribution in [1.29, 1.82) is 0 Å². The molecule has 2 heteroatoms. The molecule has 0 spiro atoms. The summed E-state index contributed by atoms with van der Waals surface area (Å²) >= 11 is 0. The molecule has 2 nitrogen and oxygen atoms in total. The summed E-state index contributed by atoms with van der Waals surface area (Å²) in [5.41, 5.74) is 7.02. The average molecular weight is 385 g/mol. The molecule has 0 aromatic heterocycles. The van der Waals surface area contributed by atoms with Gasteiger partial charge in [-0.15, -0.1) is 0 Å². The Bertz CT molecular complexity index is 644. The standard InChI is InChI=1S/C26H44N2/c1-17-11-12-18(2)22(20-15-25(7,8)28-26(9,10)16-20)21(17)19-13-23(3,4)27-24(5,6)14-19/h11-12,19-20,27-28H,13-16H2,1-10H3. The van der Waals surface area contributed by atoms with Crippen molar-refractivity contribution in [1.82, 2.24) is 10.6 Å². The molecule has 2 saturated heterocycles. The van der Waals surface area contributed by atoms with Crippen LogP contribution in [-0.2, 0) is 0 Å². The maximum Gasteiger partial charge on any atom is 0.0135 e. The monoisotopic (exact) mass is 384 g/mol. The highest BCUT2D eigenvalue weighted by Gasteiger charge is 2.43. The second-order valence-electron chi connectivity index (χ2n) is 12.5. The van der Waals surface area contributed by atoms with Crippen molar-refractivity contribution in [2.24, 2.45) is 0 Å². The van der Waals surface area contributed by atoms with Gasteiger partial charge in [-0.3, -0.25) is 0 Å². The number of hydrogen-bond acceptors (Lipinski definition) is 2. The van der Waals surface area contributed by atoms with Gasteiger partial charge >= 0.3 is 0 Å². The Morgan fingerprint density at radius 3 is 1.07 bits per heavy atom. The van der Waals surface area contributed by atoms with Crippen LogP contribution in [0.25, 0.3) is 0 Å². The fraction of sp³-hybridized carbons (Fsp3) is 0.769. The van der Waals surface area contributed by atoms with E-state index in [2.05, 4.69) is 92.0 Å². The van der Waals surface area contributed by atoms with Gasteiger partial charge in [0.05, 0.1) is 0 Å². The third-order valence-electron chi connectivity index (χ3n) is 6.92. The van der Waals surface area contributed by atoms with Gasteiger partial charge < -0.3 is 10.6 Å². The Morgan fingerprint density at radius 1 is 0.571 bits per heavy atom. The average Bonchev–Trinajstić information content (AvgIpc) is 2.42. The lowest BCUT2D eigenvalue weighted by Crippen LogP contribution is -2.58. The van der Waals surface area contributed by atoms with Crippen molar-refractivity contribution in [3.63, 3.8) is 0 Å². The molecule has 0 aliphatic carbocycles. The van der Waals surface area contributed by atoms with E-state index in [1.165, 1.54) is 36.8 Å². The molecule has 2 aliphatic rings. The summed E-state index contributed by atoms with van der Waals surface area (Å²) in [5, 5.41) is 7.76. The first-order valence-electron chi connectivity index (χ1n) is 11.3. The molecule has 3 rings (SSSR count). The summed E-state index contributed by atoms with van der Waals surface area (Å²) in [7, 11) is 0. The highest BCUT2D eigenvalue weighted by Crippen LogP contribution is 2.47. The van der Waals surface area contributed by atoms with Crippen LogP contribution in [-0.4, -0.2) is 22.2 Å². The third kappa shape index (κ3) is 4.65. The molecule has 1 aromatic carbocycles. The first-order valence-corrected chi connectivity index (χ1v) is 11.3. The highest BCUT2D eigenvalue weighted by atomic mass is 15.1. The van der Waals surface area contributed by atoms with Crippen molar-refractivity contribution in [2.45, 2.75) is 129 Å². The number of piperidine rings is 2. The van der Waals surface area contributed by atoms with Gasteiger partial charge in [0.2, 0.25) is 0 Å². The van der Waals surface area contributed by atoms with Crippen LogP contribution in [0.5, 0.6) is 0 Å². The number of aryl methyl sites for hydroxylation is 2. The summed E-state index contributed by atoms with van der Waals surface area (Å²) in [6.45, 7) is 23.7. The maximum absolute atomic E-state index is 3.88. The smallest absolute Gasteiger partial charge is 0.0135 e. The largest absolute Gasteiger partial charge is 0.307 e. The zero-order valence-electron chi connectivity index (χ0n) is 20.1. The minimum absolute atomic E-state index is 0.173. The maximum atomic E-state index is 3.88. The van der Waals surface area contributed by atoms with Crippen LogP contribution in [0, 0.1) is 13.8 Å². The molecule has 0 atom stereocenters. The summed E-state index contributed by atoms with van der Waals surface area (Å²) < 4.78 is 0. The van der Waals surface area contributed by atoms with Gasteiger partial charge in [-0.1, -0.05) is 12.1 Å². The molecular formula is C26H44N2. The van der Waals surface area contributed by atoms with E-state index in [1.807, 2.05) is 0 Å². The Kier molecular flexibility index (Phi) is 5.34. The first-order chi connectivity index (χ1) is 12.6. The second-order valence-corrected chi connectivity index (χ2v) is 12.5. The van der Waals surface area contributed by atoms with Crippen LogP contribution in [0.4, 0.5) is 0 Å². The van der Waals surface area contributed by atoms with Gasteiger partial charge in [-0.25, -0.2) is 0 Å². The Balaban J connectivity index is 2.10. The van der Waals surface area contributed by atoms with Gasteiger partial charge in [-0.2, -0.15) is 0 Å². The fourth-order valence-electron chi connectivity index (χ4n) is 6.99. The molecule has 28 heavy (non-hydrogen) atoms. The van der Waals surface area contributed by atoms with Crippen molar-refractivity contribution in [2.75, 3.05) is 0 Å². The number of nitrogens with one attached hydrogen (secondary N) is 2. The van der Waals surface area contributed by atoms with Gasteiger partial charge in [0.15, 0.2) is 0 Å². The van der Waals surface area contributed by atoms with Gasteiger partial charge in [0.1, 0.15) is 0 Å². The van der Waals surface area contributed by atoms with E-state index in [4.69, 9.17) is 0 Å². The SMILES string of the molecule is Cc1ccc(C)c(C2CC(C)(C)NC(C)(C)C2)c1C1CC(C)(C)NC(C)(C)C1. The van der Waals surface area contributed by atoms with Gasteiger partial charge in [-0.05, 0) is 129 Å². The molecule has 0 amide bonds. The lowest BCUT2D eigenvalue weighted by molar-refractivity contribution is 0.152. The van der Waals surface area contributed by atoms with E-state index in [0.29, 0.717) is 11.8 Å². The second kappa shape index (κ2) is 6.84. The summed E-state index contributed by atoms with van der Waals surface area (Å²) in [5.74, 6) is 1.25. The lowest BCUT2D eigenvalue weighted by Gasteiger charge is -2.50.